The minimum atomic E-state index is 0.135. The molecule has 0 unspecified atom stereocenters. The lowest BCUT2D eigenvalue weighted by Gasteiger charge is -2.36. The van der Waals surface area contributed by atoms with E-state index in [0.29, 0.717) is 18.5 Å². The molecular formula is C15H19N5OS. The Labute approximate surface area is 133 Å². The fraction of sp³-hybridized carbons (Fsp3) is 0.467. The van der Waals surface area contributed by atoms with Crippen LogP contribution in [-0.2, 0) is 11.2 Å². The first-order chi connectivity index (χ1) is 10.6. The Kier molecular flexibility index (Phi) is 4.44. The second-order valence-corrected chi connectivity index (χ2v) is 6.54. The molecule has 116 valence electrons. The lowest BCUT2D eigenvalue weighted by Crippen LogP contribution is -2.56. The highest BCUT2D eigenvalue weighted by Gasteiger charge is 2.25. The van der Waals surface area contributed by atoms with Crippen LogP contribution in [0.3, 0.4) is 0 Å². The fourth-order valence-electron chi connectivity index (χ4n) is 2.71. The van der Waals surface area contributed by atoms with Crippen LogP contribution in [0.5, 0.6) is 0 Å². The maximum Gasteiger partial charge on any atom is 0.228 e. The lowest BCUT2D eigenvalue weighted by atomic mass is 10.1. The van der Waals surface area contributed by atoms with Gasteiger partial charge in [0.1, 0.15) is 10.7 Å². The van der Waals surface area contributed by atoms with E-state index in [4.69, 9.17) is 0 Å². The van der Waals surface area contributed by atoms with Gasteiger partial charge in [0.05, 0.1) is 18.3 Å². The third kappa shape index (κ3) is 3.48. The molecule has 0 aliphatic carbocycles. The van der Waals surface area contributed by atoms with Crippen LogP contribution in [0.15, 0.2) is 24.0 Å². The van der Waals surface area contributed by atoms with Crippen molar-refractivity contribution in [1.29, 1.82) is 0 Å². The molecule has 3 rings (SSSR count). The lowest BCUT2D eigenvalue weighted by molar-refractivity contribution is -0.132. The number of aromatic nitrogens is 3. The molecule has 2 atom stereocenters. The minimum absolute atomic E-state index is 0.135. The highest BCUT2D eigenvalue weighted by Crippen LogP contribution is 2.21. The Bertz CT molecular complexity index is 634. The maximum atomic E-state index is 12.4. The van der Waals surface area contributed by atoms with Crippen molar-refractivity contribution in [2.75, 3.05) is 13.1 Å². The Balaban J connectivity index is 1.66. The number of amides is 1. The van der Waals surface area contributed by atoms with Crippen LogP contribution in [0.2, 0.25) is 0 Å². The van der Waals surface area contributed by atoms with E-state index < -0.39 is 0 Å². The summed E-state index contributed by atoms with van der Waals surface area (Å²) < 4.78 is 0. The van der Waals surface area contributed by atoms with E-state index in [1.807, 2.05) is 10.3 Å². The van der Waals surface area contributed by atoms with E-state index in [0.717, 1.165) is 29.5 Å². The Morgan fingerprint density at radius 2 is 2.14 bits per heavy atom. The Hall–Kier alpha value is -1.86. The molecule has 6 nitrogen and oxygen atoms in total. The highest BCUT2D eigenvalue weighted by molar-refractivity contribution is 7.13. The quantitative estimate of drug-likeness (QED) is 0.925. The molecule has 1 N–H and O–H groups in total. The SMILES string of the molecule is C[C@@H]1CN(C(=O)Cc2csc(-c3cnccn3)n2)C[C@@H](C)N1. The Morgan fingerprint density at radius 1 is 1.36 bits per heavy atom. The summed E-state index contributed by atoms with van der Waals surface area (Å²) in [7, 11) is 0. The summed E-state index contributed by atoms with van der Waals surface area (Å²) >= 11 is 1.50. The predicted octanol–water partition coefficient (Wildman–Crippen LogP) is 1.35. The molecule has 0 saturated carbocycles. The van der Waals surface area contributed by atoms with Gasteiger partial charge >= 0.3 is 0 Å². The molecule has 1 saturated heterocycles. The van der Waals surface area contributed by atoms with Crippen molar-refractivity contribution in [3.63, 3.8) is 0 Å². The molecule has 22 heavy (non-hydrogen) atoms. The van der Waals surface area contributed by atoms with Crippen molar-refractivity contribution in [2.24, 2.45) is 0 Å². The normalized spacial score (nSPS) is 21.8. The average Bonchev–Trinajstić information content (AvgIpc) is 2.95. The summed E-state index contributed by atoms with van der Waals surface area (Å²) in [5.41, 5.74) is 1.55. The molecule has 1 amide bonds. The summed E-state index contributed by atoms with van der Waals surface area (Å²) in [6, 6.07) is 0.663. The Morgan fingerprint density at radius 3 is 2.82 bits per heavy atom. The second kappa shape index (κ2) is 6.50. The van der Waals surface area contributed by atoms with Crippen molar-refractivity contribution in [3.8, 4) is 10.7 Å². The van der Waals surface area contributed by atoms with Crippen molar-refractivity contribution in [2.45, 2.75) is 32.4 Å². The molecule has 2 aromatic heterocycles. The molecule has 1 fully saturated rings. The zero-order valence-corrected chi connectivity index (χ0v) is 13.5. The third-order valence-corrected chi connectivity index (χ3v) is 4.49. The van der Waals surface area contributed by atoms with Gasteiger partial charge in [-0.3, -0.25) is 14.8 Å². The van der Waals surface area contributed by atoms with Crippen LogP contribution in [-0.4, -0.2) is 50.9 Å². The molecule has 0 spiro atoms. The number of hydrogen-bond acceptors (Lipinski definition) is 6. The topological polar surface area (TPSA) is 71.0 Å². The van der Waals surface area contributed by atoms with Crippen LogP contribution in [0.4, 0.5) is 0 Å². The van der Waals surface area contributed by atoms with Gasteiger partial charge in [0, 0.05) is 42.9 Å². The van der Waals surface area contributed by atoms with Gasteiger partial charge < -0.3 is 10.2 Å². The van der Waals surface area contributed by atoms with E-state index in [1.165, 1.54) is 11.3 Å². The summed E-state index contributed by atoms with van der Waals surface area (Å²) in [5, 5.41) is 6.16. The first-order valence-electron chi connectivity index (χ1n) is 7.36. The van der Waals surface area contributed by atoms with Crippen molar-refractivity contribution >= 4 is 17.2 Å². The van der Waals surface area contributed by atoms with Gasteiger partial charge in [-0.1, -0.05) is 0 Å². The molecule has 1 aliphatic heterocycles. The monoisotopic (exact) mass is 317 g/mol. The molecule has 2 aromatic rings. The number of rotatable bonds is 3. The molecule has 0 radical (unpaired) electrons. The highest BCUT2D eigenvalue weighted by atomic mass is 32.1. The van der Waals surface area contributed by atoms with Gasteiger partial charge in [-0.05, 0) is 13.8 Å². The van der Waals surface area contributed by atoms with E-state index in [-0.39, 0.29) is 5.91 Å². The number of carbonyl (C=O) groups is 1. The molecule has 0 aromatic carbocycles. The van der Waals surface area contributed by atoms with E-state index in [2.05, 4.69) is 34.1 Å². The fourth-order valence-corrected chi connectivity index (χ4v) is 3.49. The van der Waals surface area contributed by atoms with Gasteiger partial charge in [0.15, 0.2) is 0 Å². The molecular weight excluding hydrogens is 298 g/mol. The molecule has 3 heterocycles. The van der Waals surface area contributed by atoms with Crippen LogP contribution >= 0.6 is 11.3 Å². The standard InChI is InChI=1S/C15H19N5OS/c1-10-7-20(8-11(2)18-10)14(21)5-12-9-22-15(19-12)13-6-16-3-4-17-13/h3-4,6,9-11,18H,5,7-8H2,1-2H3/t10-,11-/m1/s1. The van der Waals surface area contributed by atoms with Crippen molar-refractivity contribution < 1.29 is 4.79 Å². The largest absolute Gasteiger partial charge is 0.339 e. The van der Waals surface area contributed by atoms with Crippen molar-refractivity contribution in [3.05, 3.63) is 29.7 Å². The molecule has 1 aliphatic rings. The van der Waals surface area contributed by atoms with Gasteiger partial charge in [0.25, 0.3) is 0 Å². The first kappa shape index (κ1) is 15.1. The second-order valence-electron chi connectivity index (χ2n) is 5.68. The molecule has 0 bridgehead atoms. The number of nitrogens with zero attached hydrogens (tertiary/aromatic N) is 4. The number of nitrogens with one attached hydrogen (secondary N) is 1. The zero-order chi connectivity index (χ0) is 15.5. The number of carbonyl (C=O) groups excluding carboxylic acids is 1. The van der Waals surface area contributed by atoms with Crippen LogP contribution in [0, 0.1) is 0 Å². The van der Waals surface area contributed by atoms with E-state index in [9.17, 15) is 4.79 Å². The summed E-state index contributed by atoms with van der Waals surface area (Å²) in [6.07, 6.45) is 5.31. The first-order valence-corrected chi connectivity index (χ1v) is 8.24. The predicted molar refractivity (Wildman–Crippen MR) is 85.5 cm³/mol. The van der Waals surface area contributed by atoms with Gasteiger partial charge in [0.2, 0.25) is 5.91 Å². The number of thiazole rings is 1. The van der Waals surface area contributed by atoms with Gasteiger partial charge in [-0.15, -0.1) is 11.3 Å². The smallest absolute Gasteiger partial charge is 0.228 e. The zero-order valence-electron chi connectivity index (χ0n) is 12.7. The number of hydrogen-bond donors (Lipinski definition) is 1. The van der Waals surface area contributed by atoms with Crippen LogP contribution < -0.4 is 5.32 Å². The van der Waals surface area contributed by atoms with E-state index in [1.54, 1.807) is 18.6 Å². The summed E-state index contributed by atoms with van der Waals surface area (Å²) in [4.78, 5) is 27.1. The van der Waals surface area contributed by atoms with E-state index >= 15 is 0 Å². The summed E-state index contributed by atoms with van der Waals surface area (Å²) in [5.74, 6) is 0.135. The van der Waals surface area contributed by atoms with Crippen LogP contribution in [0.25, 0.3) is 10.7 Å². The number of piperazine rings is 1. The van der Waals surface area contributed by atoms with Gasteiger partial charge in [-0.25, -0.2) is 4.98 Å². The van der Waals surface area contributed by atoms with Gasteiger partial charge in [-0.2, -0.15) is 0 Å². The van der Waals surface area contributed by atoms with Crippen LogP contribution in [0.1, 0.15) is 19.5 Å². The average molecular weight is 317 g/mol. The third-order valence-electron chi connectivity index (χ3n) is 3.58. The minimum Gasteiger partial charge on any atom is -0.339 e. The summed E-state index contributed by atoms with van der Waals surface area (Å²) in [6.45, 7) is 5.71. The maximum absolute atomic E-state index is 12.4. The molecule has 7 heteroatoms. The van der Waals surface area contributed by atoms with Crippen molar-refractivity contribution in [1.82, 2.24) is 25.2 Å².